The van der Waals surface area contributed by atoms with Crippen molar-refractivity contribution in [3.05, 3.63) is 34.0 Å². The van der Waals surface area contributed by atoms with Crippen LogP contribution >= 0.6 is 11.3 Å². The fraction of sp³-hybridized carbons (Fsp3) is 0.500. The van der Waals surface area contributed by atoms with E-state index in [1.807, 2.05) is 18.4 Å². The molecule has 1 heterocycles. The van der Waals surface area contributed by atoms with Crippen molar-refractivity contribution in [2.45, 2.75) is 25.2 Å². The zero-order valence-corrected chi connectivity index (χ0v) is 9.49. The molecule has 0 aliphatic heterocycles. The van der Waals surface area contributed by atoms with E-state index in [-0.39, 0.29) is 0 Å². The Morgan fingerprint density at radius 1 is 1.57 bits per heavy atom. The van der Waals surface area contributed by atoms with Crippen LogP contribution in [0, 0.1) is 0 Å². The number of rotatable bonds is 2. The average Bonchev–Trinajstić information content (AvgIpc) is 2.57. The lowest BCUT2D eigenvalue weighted by Gasteiger charge is -2.17. The van der Waals surface area contributed by atoms with Gasteiger partial charge in [-0.1, -0.05) is 12.2 Å². The van der Waals surface area contributed by atoms with Crippen LogP contribution in [-0.4, -0.2) is 13.6 Å². The minimum absolute atomic E-state index is 0.545. The van der Waals surface area contributed by atoms with Crippen molar-refractivity contribution < 1.29 is 0 Å². The van der Waals surface area contributed by atoms with Crippen LogP contribution in [0.25, 0.3) is 0 Å². The first kappa shape index (κ1) is 9.94. The first-order valence-corrected chi connectivity index (χ1v) is 6.09. The summed E-state index contributed by atoms with van der Waals surface area (Å²) in [5.74, 6) is 0.545. The van der Waals surface area contributed by atoms with Gasteiger partial charge in [0.2, 0.25) is 0 Å². The molecular weight excluding hydrogens is 190 g/mol. The van der Waals surface area contributed by atoms with Gasteiger partial charge in [-0.3, -0.25) is 0 Å². The first-order valence-electron chi connectivity index (χ1n) is 5.21. The van der Waals surface area contributed by atoms with Crippen LogP contribution in [-0.2, 0) is 6.42 Å². The number of thiophene rings is 1. The summed E-state index contributed by atoms with van der Waals surface area (Å²) in [6.45, 7) is 5.25. The Morgan fingerprint density at radius 2 is 2.43 bits per heavy atom. The zero-order valence-electron chi connectivity index (χ0n) is 8.68. The maximum Gasteiger partial charge on any atom is 0.0181 e. The third kappa shape index (κ3) is 1.77. The van der Waals surface area contributed by atoms with E-state index in [1.54, 1.807) is 4.88 Å². The molecule has 1 aliphatic carbocycles. The molecule has 0 fully saturated rings. The molecule has 1 aromatic rings. The predicted molar refractivity (Wildman–Crippen MR) is 63.1 cm³/mol. The van der Waals surface area contributed by atoms with Gasteiger partial charge in [-0.2, -0.15) is 0 Å². The summed E-state index contributed by atoms with van der Waals surface area (Å²) in [5, 5.41) is 5.48. The van der Waals surface area contributed by atoms with Gasteiger partial charge in [-0.05, 0) is 43.3 Å². The average molecular weight is 207 g/mol. The Hall–Kier alpha value is -0.600. The maximum absolute atomic E-state index is 4.22. The second-order valence-electron chi connectivity index (χ2n) is 3.92. The highest BCUT2D eigenvalue weighted by Gasteiger charge is 2.21. The number of fused-ring (bicyclic) bond motifs is 1. The highest BCUT2D eigenvalue weighted by Crippen LogP contribution is 2.35. The second kappa shape index (κ2) is 4.28. The van der Waals surface area contributed by atoms with Crippen molar-refractivity contribution in [3.63, 3.8) is 0 Å². The van der Waals surface area contributed by atoms with Gasteiger partial charge >= 0.3 is 0 Å². The quantitative estimate of drug-likeness (QED) is 0.581. The number of likely N-dealkylation sites (N-methyl/N-ethyl adjacent to an activating group) is 1. The Kier molecular flexibility index (Phi) is 3.04. The molecule has 2 heteroatoms. The molecule has 0 bridgehead atoms. The van der Waals surface area contributed by atoms with Crippen molar-refractivity contribution in [1.29, 1.82) is 0 Å². The van der Waals surface area contributed by atoms with E-state index >= 15 is 0 Å². The summed E-state index contributed by atoms with van der Waals surface area (Å²) in [6.07, 6.45) is 3.70. The lowest BCUT2D eigenvalue weighted by Crippen LogP contribution is -2.18. The van der Waals surface area contributed by atoms with Crippen LogP contribution in [0.1, 0.15) is 29.2 Å². The Morgan fingerprint density at radius 3 is 3.21 bits per heavy atom. The van der Waals surface area contributed by atoms with Crippen molar-refractivity contribution in [3.8, 4) is 0 Å². The third-order valence-corrected chi connectivity index (χ3v) is 3.95. The van der Waals surface area contributed by atoms with Crippen LogP contribution in [0.4, 0.5) is 0 Å². The normalized spacial score (nSPS) is 21.8. The van der Waals surface area contributed by atoms with E-state index in [4.69, 9.17) is 0 Å². The zero-order chi connectivity index (χ0) is 9.97. The Balaban J connectivity index is 2.31. The summed E-state index contributed by atoms with van der Waals surface area (Å²) < 4.78 is 0. The first-order chi connectivity index (χ1) is 6.83. The summed E-state index contributed by atoms with van der Waals surface area (Å²) in [6, 6.07) is 2.28. The van der Waals surface area contributed by atoms with Crippen molar-refractivity contribution in [2.24, 2.45) is 0 Å². The van der Waals surface area contributed by atoms with Gasteiger partial charge in [-0.25, -0.2) is 0 Å². The monoisotopic (exact) mass is 207 g/mol. The summed E-state index contributed by atoms with van der Waals surface area (Å²) in [4.78, 5) is 1.57. The maximum atomic E-state index is 4.22. The largest absolute Gasteiger partial charge is 0.319 e. The minimum Gasteiger partial charge on any atom is -0.319 e. The van der Waals surface area contributed by atoms with Gasteiger partial charge in [0.25, 0.3) is 0 Å². The second-order valence-corrected chi connectivity index (χ2v) is 4.92. The Bertz CT molecular complexity index is 327. The van der Waals surface area contributed by atoms with Crippen LogP contribution < -0.4 is 5.32 Å². The van der Waals surface area contributed by atoms with E-state index in [9.17, 15) is 0 Å². The number of nitrogens with one attached hydrogen (secondary N) is 1. The van der Waals surface area contributed by atoms with E-state index in [0.717, 1.165) is 6.54 Å². The van der Waals surface area contributed by atoms with Gasteiger partial charge in [0.1, 0.15) is 0 Å². The molecule has 0 saturated carbocycles. The van der Waals surface area contributed by atoms with E-state index in [2.05, 4.69) is 23.3 Å². The highest BCUT2D eigenvalue weighted by atomic mass is 32.1. The molecule has 0 radical (unpaired) electrons. The van der Waals surface area contributed by atoms with Gasteiger partial charge in [0, 0.05) is 17.3 Å². The number of hydrogen-bond acceptors (Lipinski definition) is 2. The molecule has 1 N–H and O–H groups in total. The highest BCUT2D eigenvalue weighted by molar-refractivity contribution is 7.10. The van der Waals surface area contributed by atoms with E-state index in [1.165, 1.54) is 30.4 Å². The van der Waals surface area contributed by atoms with Crippen LogP contribution in [0.15, 0.2) is 23.6 Å². The molecule has 0 amide bonds. The molecule has 1 aliphatic rings. The molecule has 0 spiro atoms. The summed E-state index contributed by atoms with van der Waals surface area (Å²) >= 11 is 1.90. The lowest BCUT2D eigenvalue weighted by molar-refractivity contribution is 0.679. The molecule has 0 aromatic carbocycles. The van der Waals surface area contributed by atoms with Crippen LogP contribution in [0.3, 0.4) is 0 Å². The molecule has 1 nitrogen and oxygen atoms in total. The molecule has 2 rings (SSSR count). The number of aryl methyl sites for hydroxylation is 1. The minimum atomic E-state index is 0.545. The van der Waals surface area contributed by atoms with Gasteiger partial charge < -0.3 is 5.32 Å². The van der Waals surface area contributed by atoms with E-state index in [0.29, 0.717) is 5.92 Å². The van der Waals surface area contributed by atoms with Crippen molar-refractivity contribution >= 4 is 11.3 Å². The molecule has 76 valence electrons. The lowest BCUT2D eigenvalue weighted by atomic mass is 9.92. The fourth-order valence-electron chi connectivity index (χ4n) is 2.19. The van der Waals surface area contributed by atoms with Gasteiger partial charge in [-0.15, -0.1) is 11.3 Å². The van der Waals surface area contributed by atoms with E-state index < -0.39 is 0 Å². The van der Waals surface area contributed by atoms with Gasteiger partial charge in [0.05, 0.1) is 0 Å². The molecule has 1 aromatic heterocycles. The molecule has 0 saturated heterocycles. The predicted octanol–water partition coefficient (Wildman–Crippen LogP) is 2.94. The SMILES string of the molecule is C=C1CCCc2sccc2[C@H]1CNC. The van der Waals surface area contributed by atoms with Crippen LogP contribution in [0.2, 0.25) is 0 Å². The molecular formula is C12H17NS. The molecule has 0 unspecified atom stereocenters. The standard InChI is InChI=1S/C12H17NS/c1-9-4-3-5-12-10(6-7-14-12)11(9)8-13-2/h6-7,11,13H,1,3-5,8H2,2H3/t11-/m0/s1. The third-order valence-electron chi connectivity index (χ3n) is 2.96. The summed E-state index contributed by atoms with van der Waals surface area (Å²) in [7, 11) is 2.02. The van der Waals surface area contributed by atoms with Crippen molar-refractivity contribution in [2.75, 3.05) is 13.6 Å². The fourth-order valence-corrected chi connectivity index (χ4v) is 3.18. The van der Waals surface area contributed by atoms with Crippen LogP contribution in [0.5, 0.6) is 0 Å². The molecule has 14 heavy (non-hydrogen) atoms. The topological polar surface area (TPSA) is 12.0 Å². The van der Waals surface area contributed by atoms with Gasteiger partial charge in [0.15, 0.2) is 0 Å². The summed E-state index contributed by atoms with van der Waals surface area (Å²) in [5.41, 5.74) is 2.92. The Labute approximate surface area is 89.8 Å². The molecule has 1 atom stereocenters. The van der Waals surface area contributed by atoms with Crippen molar-refractivity contribution in [1.82, 2.24) is 5.32 Å². The smallest absolute Gasteiger partial charge is 0.0181 e. The number of hydrogen-bond donors (Lipinski definition) is 1.